The van der Waals surface area contributed by atoms with Crippen molar-refractivity contribution in [2.75, 3.05) is 6.54 Å². The maximum atomic E-state index is 11.1. The van der Waals surface area contributed by atoms with Gasteiger partial charge < -0.3 is 10.7 Å². The van der Waals surface area contributed by atoms with E-state index in [9.17, 15) is 4.79 Å². The summed E-state index contributed by atoms with van der Waals surface area (Å²) in [6.45, 7) is 4.77. The maximum Gasteiger partial charge on any atom is 0.220 e. The maximum absolute atomic E-state index is 11.1. The van der Waals surface area contributed by atoms with Gasteiger partial charge in [-0.1, -0.05) is 13.8 Å². The minimum atomic E-state index is 0.116. The molecule has 0 saturated heterocycles. The van der Waals surface area contributed by atoms with Crippen LogP contribution in [0.1, 0.15) is 46.0 Å². The first kappa shape index (κ1) is 12.1. The van der Waals surface area contributed by atoms with E-state index in [1.165, 1.54) is 0 Å². The topological polar surface area (TPSA) is 53.0 Å². The fraction of sp³-hybridized carbons (Fsp3) is 0.800. The molecule has 0 aromatic carbocycles. The number of rotatable bonds is 7. The molecule has 0 aliphatic rings. The molecule has 0 aromatic rings. The normalized spacial score (nSPS) is 9.69. The highest BCUT2D eigenvalue weighted by Gasteiger charge is 2.00. The van der Waals surface area contributed by atoms with E-state index in [-0.39, 0.29) is 5.91 Å². The Morgan fingerprint density at radius 2 is 2.00 bits per heavy atom. The van der Waals surface area contributed by atoms with Crippen molar-refractivity contribution in [3.8, 4) is 0 Å². The van der Waals surface area contributed by atoms with Crippen LogP contribution in [0, 0.1) is 5.41 Å². The van der Waals surface area contributed by atoms with Crippen molar-refractivity contribution in [2.45, 2.75) is 46.0 Å². The van der Waals surface area contributed by atoms with Gasteiger partial charge in [0.25, 0.3) is 0 Å². The van der Waals surface area contributed by atoms with E-state index < -0.39 is 0 Å². The van der Waals surface area contributed by atoms with Crippen LogP contribution in [0.5, 0.6) is 0 Å². The van der Waals surface area contributed by atoms with Crippen molar-refractivity contribution in [1.82, 2.24) is 5.32 Å². The summed E-state index contributed by atoms with van der Waals surface area (Å²) in [5.74, 6) is 0.116. The number of carbonyl (C=O) groups excluding carboxylic acids is 1. The lowest BCUT2D eigenvalue weighted by Crippen LogP contribution is -2.23. The lowest BCUT2D eigenvalue weighted by atomic mass is 10.1. The molecular formula is C10H20N2O. The summed E-state index contributed by atoms with van der Waals surface area (Å²) >= 11 is 0. The van der Waals surface area contributed by atoms with Gasteiger partial charge in [-0.05, 0) is 25.7 Å². The van der Waals surface area contributed by atoms with Crippen molar-refractivity contribution < 1.29 is 4.79 Å². The van der Waals surface area contributed by atoms with E-state index in [0.717, 1.165) is 37.9 Å². The molecule has 0 heterocycles. The Hall–Kier alpha value is -0.860. The van der Waals surface area contributed by atoms with Crippen LogP contribution in [0.2, 0.25) is 0 Å². The lowest BCUT2D eigenvalue weighted by Gasteiger charge is -2.03. The smallest absolute Gasteiger partial charge is 0.220 e. The molecule has 0 saturated carbocycles. The summed E-state index contributed by atoms with van der Waals surface area (Å²) in [6.07, 6.45) is 3.91. The van der Waals surface area contributed by atoms with E-state index in [2.05, 4.69) is 5.32 Å². The van der Waals surface area contributed by atoms with Crippen LogP contribution in [0.3, 0.4) is 0 Å². The van der Waals surface area contributed by atoms with Crippen LogP contribution in [0.15, 0.2) is 0 Å². The molecule has 0 radical (unpaired) electrons. The van der Waals surface area contributed by atoms with Gasteiger partial charge in [0.15, 0.2) is 0 Å². The Morgan fingerprint density at radius 1 is 1.31 bits per heavy atom. The second-order valence-corrected chi connectivity index (χ2v) is 3.16. The zero-order chi connectivity index (χ0) is 10.1. The minimum absolute atomic E-state index is 0.116. The SMILES string of the molecule is CCCNC(=O)CCCC(=N)CC. The van der Waals surface area contributed by atoms with Crippen LogP contribution >= 0.6 is 0 Å². The van der Waals surface area contributed by atoms with Gasteiger partial charge in [0.2, 0.25) is 5.91 Å². The van der Waals surface area contributed by atoms with Gasteiger partial charge in [-0.25, -0.2) is 0 Å². The van der Waals surface area contributed by atoms with Crippen molar-refractivity contribution in [3.63, 3.8) is 0 Å². The molecule has 0 unspecified atom stereocenters. The van der Waals surface area contributed by atoms with Crippen molar-refractivity contribution >= 4 is 11.6 Å². The third-order valence-electron chi connectivity index (χ3n) is 1.88. The molecule has 13 heavy (non-hydrogen) atoms. The van der Waals surface area contributed by atoms with Gasteiger partial charge in [-0.2, -0.15) is 0 Å². The van der Waals surface area contributed by atoms with Crippen molar-refractivity contribution in [3.05, 3.63) is 0 Å². The molecule has 2 N–H and O–H groups in total. The zero-order valence-corrected chi connectivity index (χ0v) is 8.65. The highest BCUT2D eigenvalue weighted by Crippen LogP contribution is 1.99. The lowest BCUT2D eigenvalue weighted by molar-refractivity contribution is -0.121. The van der Waals surface area contributed by atoms with Gasteiger partial charge in [0.05, 0.1) is 0 Å². The monoisotopic (exact) mass is 184 g/mol. The molecule has 1 amide bonds. The predicted octanol–water partition coefficient (Wildman–Crippen LogP) is 2.11. The predicted molar refractivity (Wildman–Crippen MR) is 55.2 cm³/mol. The molecule has 3 heteroatoms. The number of carbonyl (C=O) groups is 1. The van der Waals surface area contributed by atoms with E-state index in [0.29, 0.717) is 6.42 Å². The Kier molecular flexibility index (Phi) is 7.26. The zero-order valence-electron chi connectivity index (χ0n) is 8.65. The summed E-state index contributed by atoms with van der Waals surface area (Å²) in [5, 5.41) is 10.2. The Morgan fingerprint density at radius 3 is 2.54 bits per heavy atom. The standard InChI is InChI=1S/C10H20N2O/c1-3-8-12-10(13)7-5-6-9(11)4-2/h11H,3-8H2,1-2H3,(H,12,13). The third kappa shape index (κ3) is 7.50. The molecular weight excluding hydrogens is 164 g/mol. The Labute approximate surface area is 80.4 Å². The van der Waals surface area contributed by atoms with E-state index in [1.54, 1.807) is 0 Å². The third-order valence-corrected chi connectivity index (χ3v) is 1.88. The number of amides is 1. The second-order valence-electron chi connectivity index (χ2n) is 3.16. The second kappa shape index (κ2) is 7.77. The minimum Gasteiger partial charge on any atom is -0.356 e. The molecule has 76 valence electrons. The van der Waals surface area contributed by atoms with Gasteiger partial charge in [-0.15, -0.1) is 0 Å². The first-order valence-electron chi connectivity index (χ1n) is 5.03. The van der Waals surface area contributed by atoms with Crippen LogP contribution in [0.25, 0.3) is 0 Å². The van der Waals surface area contributed by atoms with Crippen molar-refractivity contribution in [1.29, 1.82) is 5.41 Å². The quantitative estimate of drug-likeness (QED) is 0.585. The summed E-state index contributed by atoms with van der Waals surface area (Å²) in [6, 6.07) is 0. The Balaban J connectivity index is 3.31. The molecule has 0 atom stereocenters. The van der Waals surface area contributed by atoms with Crippen LogP contribution in [-0.4, -0.2) is 18.2 Å². The summed E-state index contributed by atoms with van der Waals surface area (Å²) < 4.78 is 0. The van der Waals surface area contributed by atoms with Gasteiger partial charge in [0, 0.05) is 18.7 Å². The van der Waals surface area contributed by atoms with Gasteiger partial charge in [0.1, 0.15) is 0 Å². The highest BCUT2D eigenvalue weighted by molar-refractivity contribution is 5.82. The summed E-state index contributed by atoms with van der Waals surface area (Å²) in [4.78, 5) is 11.1. The number of nitrogens with one attached hydrogen (secondary N) is 2. The summed E-state index contributed by atoms with van der Waals surface area (Å²) in [5.41, 5.74) is 0.739. The van der Waals surface area contributed by atoms with Crippen LogP contribution in [-0.2, 0) is 4.79 Å². The Bertz CT molecular complexity index is 166. The van der Waals surface area contributed by atoms with Gasteiger partial charge in [-0.3, -0.25) is 4.79 Å². The molecule has 3 nitrogen and oxygen atoms in total. The molecule has 0 aromatic heterocycles. The molecule has 0 rings (SSSR count). The summed E-state index contributed by atoms with van der Waals surface area (Å²) in [7, 11) is 0. The van der Waals surface area contributed by atoms with E-state index in [1.807, 2.05) is 13.8 Å². The van der Waals surface area contributed by atoms with Crippen LogP contribution in [0.4, 0.5) is 0 Å². The molecule has 0 aliphatic carbocycles. The largest absolute Gasteiger partial charge is 0.356 e. The van der Waals surface area contributed by atoms with Gasteiger partial charge >= 0.3 is 0 Å². The van der Waals surface area contributed by atoms with Crippen molar-refractivity contribution in [2.24, 2.45) is 0 Å². The molecule has 0 bridgehead atoms. The first-order chi connectivity index (χ1) is 6.20. The fourth-order valence-corrected chi connectivity index (χ4v) is 0.992. The fourth-order valence-electron chi connectivity index (χ4n) is 0.992. The average Bonchev–Trinajstić information content (AvgIpc) is 2.14. The highest BCUT2D eigenvalue weighted by atomic mass is 16.1. The number of hydrogen-bond donors (Lipinski definition) is 2. The molecule has 0 aliphatic heterocycles. The first-order valence-corrected chi connectivity index (χ1v) is 5.03. The van der Waals surface area contributed by atoms with E-state index in [4.69, 9.17) is 5.41 Å². The number of hydrogen-bond acceptors (Lipinski definition) is 2. The molecule has 0 fully saturated rings. The molecule has 0 spiro atoms. The van der Waals surface area contributed by atoms with E-state index >= 15 is 0 Å². The average molecular weight is 184 g/mol. The van der Waals surface area contributed by atoms with Crippen LogP contribution < -0.4 is 5.32 Å².